The largest absolute Gasteiger partial charge is 0.494 e. The summed E-state index contributed by atoms with van der Waals surface area (Å²) in [6.07, 6.45) is 1.16. The molecule has 0 bridgehead atoms. The number of carbonyl (C=O) groups excluding carboxylic acids is 1. The fourth-order valence-electron chi connectivity index (χ4n) is 5.67. The van der Waals surface area contributed by atoms with Crippen LogP contribution in [0.3, 0.4) is 0 Å². The Balaban J connectivity index is 1.54. The summed E-state index contributed by atoms with van der Waals surface area (Å²) in [6, 6.07) is 31.6. The van der Waals surface area contributed by atoms with Gasteiger partial charge in [0, 0.05) is 47.1 Å². The standard InChI is InChI=1S/C36H37N9O4/c37-44-40-25-29-14-4-6-15-31(29)33-36(24-28-13-5-7-16-32(28)42-45-38,35(47)43-39-21-8-12-26-10-2-1-3-11-26)41-34(49-33)27-17-19-30(20-18-27)48-23-9-22-46/h1-7,10-11,13-20,33,39,46H,8-9,12,21-25H2,(H,43,47)/t33-,36-/m0/s1. The smallest absolute Gasteiger partial charge is 0.266 e. The number of nitrogens with zero attached hydrogens (tertiary/aromatic N) is 7. The van der Waals surface area contributed by atoms with E-state index in [1.807, 2.05) is 42.5 Å². The number of aliphatic hydroxyl groups is 1. The maximum absolute atomic E-state index is 14.6. The van der Waals surface area contributed by atoms with Crippen LogP contribution >= 0.6 is 0 Å². The van der Waals surface area contributed by atoms with Crippen LogP contribution in [-0.4, -0.2) is 42.2 Å². The number of aliphatic hydroxyl groups excluding tert-OH is 1. The van der Waals surface area contributed by atoms with Crippen LogP contribution in [0.4, 0.5) is 5.69 Å². The number of rotatable bonds is 17. The molecule has 0 unspecified atom stereocenters. The normalized spacial score (nSPS) is 16.4. The lowest BCUT2D eigenvalue weighted by molar-refractivity contribution is -0.130. The summed E-state index contributed by atoms with van der Waals surface area (Å²) in [4.78, 5) is 25.6. The summed E-state index contributed by atoms with van der Waals surface area (Å²) in [5.41, 5.74) is 26.9. The van der Waals surface area contributed by atoms with Gasteiger partial charge in [0.1, 0.15) is 5.75 Å². The van der Waals surface area contributed by atoms with Crippen LogP contribution in [0.25, 0.3) is 20.9 Å². The molecule has 0 saturated carbocycles. The highest BCUT2D eigenvalue weighted by Gasteiger charge is 2.54. The molecule has 4 aromatic rings. The van der Waals surface area contributed by atoms with Gasteiger partial charge in [0.15, 0.2) is 11.6 Å². The number of hydrazine groups is 1. The zero-order valence-electron chi connectivity index (χ0n) is 26.9. The highest BCUT2D eigenvalue weighted by atomic mass is 16.5. The SMILES string of the molecule is [N-]=[N+]=NCc1ccccc1[C@@H]1OC(c2ccc(OCCCO)cc2)=N[C@]1(Cc1ccccc1N=[N+]=[N-])C(=O)NNCCCc1ccccc1. The number of amides is 1. The van der Waals surface area contributed by atoms with Gasteiger partial charge in [0.25, 0.3) is 5.91 Å². The van der Waals surface area contributed by atoms with E-state index >= 15 is 0 Å². The zero-order chi connectivity index (χ0) is 34.3. The minimum absolute atomic E-state index is 0.0199. The Hall–Kier alpha value is -5.84. The van der Waals surface area contributed by atoms with Crippen molar-refractivity contribution in [1.82, 2.24) is 10.9 Å². The molecule has 3 N–H and O–H groups in total. The minimum Gasteiger partial charge on any atom is -0.494 e. The second-order valence-corrected chi connectivity index (χ2v) is 11.3. The molecule has 250 valence electrons. The average Bonchev–Trinajstić information content (AvgIpc) is 3.52. The fourth-order valence-corrected chi connectivity index (χ4v) is 5.67. The predicted octanol–water partition coefficient (Wildman–Crippen LogP) is 6.95. The summed E-state index contributed by atoms with van der Waals surface area (Å²) >= 11 is 0. The summed E-state index contributed by atoms with van der Waals surface area (Å²) in [5, 5.41) is 16.8. The first-order valence-corrected chi connectivity index (χ1v) is 16.0. The molecule has 0 spiro atoms. The van der Waals surface area contributed by atoms with Gasteiger partial charge in [-0.2, -0.15) is 0 Å². The summed E-state index contributed by atoms with van der Waals surface area (Å²) in [6.45, 7) is 0.926. The number of nitrogens with one attached hydrogen (secondary N) is 2. The van der Waals surface area contributed by atoms with Crippen molar-refractivity contribution in [3.05, 3.63) is 152 Å². The Morgan fingerprint density at radius 3 is 2.41 bits per heavy atom. The monoisotopic (exact) mass is 659 g/mol. The van der Waals surface area contributed by atoms with Crippen molar-refractivity contribution in [2.75, 3.05) is 19.8 Å². The Bertz CT molecular complexity index is 1840. The lowest BCUT2D eigenvalue weighted by Gasteiger charge is -2.32. The second-order valence-electron chi connectivity index (χ2n) is 11.3. The topological polar surface area (TPSA) is 190 Å². The third kappa shape index (κ3) is 8.75. The summed E-state index contributed by atoms with van der Waals surface area (Å²) in [5.74, 6) is 0.385. The van der Waals surface area contributed by atoms with Gasteiger partial charge in [-0.25, -0.2) is 10.4 Å². The van der Waals surface area contributed by atoms with Crippen molar-refractivity contribution in [3.8, 4) is 5.75 Å². The lowest BCUT2D eigenvalue weighted by Crippen LogP contribution is -2.54. The third-order valence-corrected chi connectivity index (χ3v) is 8.09. The van der Waals surface area contributed by atoms with Gasteiger partial charge in [-0.1, -0.05) is 89.1 Å². The first-order chi connectivity index (χ1) is 24.1. The number of aryl methyl sites for hydroxylation is 1. The number of carbonyl (C=O) groups is 1. The van der Waals surface area contributed by atoms with Gasteiger partial charge in [-0.15, -0.1) is 0 Å². The maximum atomic E-state index is 14.6. The van der Waals surface area contributed by atoms with Gasteiger partial charge in [0.2, 0.25) is 5.90 Å². The molecule has 4 aromatic carbocycles. The molecular formula is C36H37N9O4. The van der Waals surface area contributed by atoms with Crippen LogP contribution in [-0.2, 0) is 28.9 Å². The van der Waals surface area contributed by atoms with E-state index in [4.69, 9.17) is 25.1 Å². The van der Waals surface area contributed by atoms with Crippen LogP contribution in [0.1, 0.15) is 46.8 Å². The molecule has 0 saturated heterocycles. The van der Waals surface area contributed by atoms with Crippen LogP contribution in [0.15, 0.2) is 118 Å². The molecule has 5 rings (SSSR count). The fraction of sp³-hybridized carbons (Fsp3) is 0.278. The molecule has 13 nitrogen and oxygen atoms in total. The Morgan fingerprint density at radius 1 is 0.918 bits per heavy atom. The maximum Gasteiger partial charge on any atom is 0.266 e. The molecule has 49 heavy (non-hydrogen) atoms. The Labute approximate surface area is 283 Å². The summed E-state index contributed by atoms with van der Waals surface area (Å²) in [7, 11) is 0. The first-order valence-electron chi connectivity index (χ1n) is 16.0. The first kappa shape index (κ1) is 34.5. The molecule has 13 heteroatoms. The van der Waals surface area contributed by atoms with Crippen molar-refractivity contribution in [3.63, 3.8) is 0 Å². The Morgan fingerprint density at radius 2 is 1.65 bits per heavy atom. The molecule has 0 aromatic heterocycles. The van der Waals surface area contributed by atoms with E-state index in [-0.39, 0.29) is 25.5 Å². The predicted molar refractivity (Wildman–Crippen MR) is 186 cm³/mol. The quantitative estimate of drug-likeness (QED) is 0.0363. The molecule has 2 atom stereocenters. The number of aliphatic imine (C=N–C) groups is 1. The number of azide groups is 2. The van der Waals surface area contributed by atoms with Crippen molar-refractivity contribution in [1.29, 1.82) is 0 Å². The van der Waals surface area contributed by atoms with E-state index in [0.717, 1.165) is 12.8 Å². The van der Waals surface area contributed by atoms with E-state index in [0.29, 0.717) is 53.3 Å². The van der Waals surface area contributed by atoms with Gasteiger partial charge < -0.3 is 14.6 Å². The lowest BCUT2D eigenvalue weighted by atomic mass is 9.80. The van der Waals surface area contributed by atoms with Crippen LogP contribution < -0.4 is 15.6 Å². The van der Waals surface area contributed by atoms with Gasteiger partial charge in [0.05, 0.1) is 13.2 Å². The molecule has 0 aliphatic carbocycles. The third-order valence-electron chi connectivity index (χ3n) is 8.09. The highest BCUT2D eigenvalue weighted by molar-refractivity contribution is 6.01. The van der Waals surface area contributed by atoms with E-state index in [2.05, 4.69) is 43.0 Å². The van der Waals surface area contributed by atoms with E-state index in [9.17, 15) is 10.3 Å². The van der Waals surface area contributed by atoms with E-state index < -0.39 is 17.6 Å². The van der Waals surface area contributed by atoms with Gasteiger partial charge in [-0.05, 0) is 70.4 Å². The molecule has 1 amide bonds. The second kappa shape index (κ2) is 17.4. The Kier molecular flexibility index (Phi) is 12.2. The van der Waals surface area contributed by atoms with Crippen LogP contribution in [0, 0.1) is 0 Å². The average molecular weight is 660 g/mol. The summed E-state index contributed by atoms with van der Waals surface area (Å²) < 4.78 is 12.3. The molecule has 1 aliphatic rings. The van der Waals surface area contributed by atoms with Crippen LogP contribution in [0.2, 0.25) is 0 Å². The molecular weight excluding hydrogens is 622 g/mol. The molecule has 0 fully saturated rings. The van der Waals surface area contributed by atoms with Crippen molar-refractivity contribution in [2.45, 2.75) is 43.9 Å². The van der Waals surface area contributed by atoms with Crippen molar-refractivity contribution >= 4 is 17.5 Å². The molecule has 1 aliphatic heterocycles. The highest BCUT2D eigenvalue weighted by Crippen LogP contribution is 2.44. The van der Waals surface area contributed by atoms with E-state index in [1.165, 1.54) is 5.56 Å². The zero-order valence-corrected chi connectivity index (χ0v) is 26.9. The van der Waals surface area contributed by atoms with E-state index in [1.54, 1.807) is 48.5 Å². The number of benzene rings is 4. The van der Waals surface area contributed by atoms with Crippen LogP contribution in [0.5, 0.6) is 5.75 Å². The van der Waals surface area contributed by atoms with Gasteiger partial charge >= 0.3 is 0 Å². The van der Waals surface area contributed by atoms with Crippen molar-refractivity contribution < 1.29 is 19.4 Å². The minimum atomic E-state index is -1.59. The molecule has 0 radical (unpaired) electrons. The number of hydrogen-bond donors (Lipinski definition) is 3. The number of hydrogen-bond acceptors (Lipinski definition) is 8. The van der Waals surface area contributed by atoms with Crippen molar-refractivity contribution in [2.24, 2.45) is 15.2 Å². The van der Waals surface area contributed by atoms with Gasteiger partial charge in [-0.3, -0.25) is 10.2 Å². The number of ether oxygens (including phenoxy) is 2. The molecule has 1 heterocycles.